The predicted molar refractivity (Wildman–Crippen MR) is 69.7 cm³/mol. The second kappa shape index (κ2) is 4.57. The highest BCUT2D eigenvalue weighted by molar-refractivity contribution is 6.33. The van der Waals surface area contributed by atoms with Crippen molar-refractivity contribution < 1.29 is 9.47 Å². The van der Waals surface area contributed by atoms with Gasteiger partial charge in [-0.25, -0.2) is 4.98 Å². The number of nitrogens with two attached hydrogens (primary N) is 1. The van der Waals surface area contributed by atoms with E-state index in [9.17, 15) is 0 Å². The van der Waals surface area contributed by atoms with Crippen molar-refractivity contribution >= 4 is 23.1 Å². The summed E-state index contributed by atoms with van der Waals surface area (Å²) >= 11 is 6.19. The molecule has 0 bridgehead atoms. The maximum absolute atomic E-state index is 6.19. The monoisotopic (exact) mass is 269 g/mol. The fourth-order valence-electron chi connectivity index (χ4n) is 2.58. The molecule has 0 radical (unpaired) electrons. The zero-order valence-corrected chi connectivity index (χ0v) is 10.8. The number of pyridine rings is 1. The Kier molecular flexibility index (Phi) is 3.05. The summed E-state index contributed by atoms with van der Waals surface area (Å²) < 4.78 is 11.5. The van der Waals surface area contributed by atoms with Crippen LogP contribution in [0, 0.1) is 0 Å². The first-order valence-corrected chi connectivity index (χ1v) is 6.50. The Morgan fingerprint density at radius 1 is 1.39 bits per heavy atom. The highest BCUT2D eigenvalue weighted by atomic mass is 35.5. The van der Waals surface area contributed by atoms with Crippen LogP contribution in [0.4, 0.5) is 11.5 Å². The van der Waals surface area contributed by atoms with Gasteiger partial charge in [-0.2, -0.15) is 0 Å². The van der Waals surface area contributed by atoms with Crippen LogP contribution < -0.4 is 10.6 Å². The lowest BCUT2D eigenvalue weighted by atomic mass is 10.0. The van der Waals surface area contributed by atoms with Gasteiger partial charge in [-0.05, 0) is 12.5 Å². The van der Waals surface area contributed by atoms with E-state index in [1.165, 1.54) is 0 Å². The van der Waals surface area contributed by atoms with E-state index in [2.05, 4.69) is 9.88 Å². The molecule has 2 saturated heterocycles. The van der Waals surface area contributed by atoms with Gasteiger partial charge in [-0.15, -0.1) is 0 Å². The molecule has 0 saturated carbocycles. The number of halogens is 1. The molecule has 2 aliphatic heterocycles. The summed E-state index contributed by atoms with van der Waals surface area (Å²) in [4.78, 5) is 6.42. The number of rotatable bonds is 1. The molecule has 3 rings (SSSR count). The van der Waals surface area contributed by atoms with Crippen molar-refractivity contribution in [2.75, 3.05) is 36.9 Å². The summed E-state index contributed by atoms with van der Waals surface area (Å²) in [6, 6.07) is 1.72. The molecule has 2 N–H and O–H groups in total. The van der Waals surface area contributed by atoms with Crippen molar-refractivity contribution in [3.63, 3.8) is 0 Å². The topological polar surface area (TPSA) is 60.6 Å². The van der Waals surface area contributed by atoms with Gasteiger partial charge in [-0.1, -0.05) is 11.6 Å². The van der Waals surface area contributed by atoms with Crippen LogP contribution in [0.1, 0.15) is 12.8 Å². The Labute approximate surface area is 111 Å². The predicted octanol–water partition coefficient (Wildman–Crippen LogP) is 1.66. The molecule has 0 unspecified atom stereocenters. The Hall–Kier alpha value is -1.04. The minimum absolute atomic E-state index is 0.468. The van der Waals surface area contributed by atoms with Crippen molar-refractivity contribution in [2.45, 2.75) is 18.6 Å². The van der Waals surface area contributed by atoms with E-state index in [1.54, 1.807) is 12.3 Å². The summed E-state index contributed by atoms with van der Waals surface area (Å²) in [6.45, 7) is 2.90. The van der Waals surface area contributed by atoms with Crippen molar-refractivity contribution in [1.29, 1.82) is 0 Å². The normalized spacial score (nSPS) is 22.6. The zero-order chi connectivity index (χ0) is 12.6. The number of nitrogen functional groups attached to an aromatic ring is 1. The zero-order valence-electron chi connectivity index (χ0n) is 10.1. The minimum Gasteiger partial charge on any atom is -0.397 e. The van der Waals surface area contributed by atoms with Gasteiger partial charge in [0.2, 0.25) is 0 Å². The molecule has 0 atom stereocenters. The van der Waals surface area contributed by atoms with E-state index in [0.717, 1.165) is 25.2 Å². The lowest BCUT2D eigenvalue weighted by Crippen LogP contribution is -2.49. The average molecular weight is 270 g/mol. The number of ether oxygens (including phenoxy) is 2. The van der Waals surface area contributed by atoms with Gasteiger partial charge in [0.1, 0.15) is 5.82 Å². The van der Waals surface area contributed by atoms with Crippen LogP contribution in [-0.2, 0) is 9.47 Å². The Balaban J connectivity index is 1.83. The van der Waals surface area contributed by atoms with E-state index in [-0.39, 0.29) is 0 Å². The van der Waals surface area contributed by atoms with Crippen LogP contribution in [0.25, 0.3) is 0 Å². The standard InChI is InChI=1S/C12H16ClN3O2/c13-10-6-9(14)7-15-11(10)16-3-1-2-12(8-16)17-4-5-18-12/h6-7H,1-5,8,14H2. The van der Waals surface area contributed by atoms with Gasteiger partial charge in [0.05, 0.1) is 36.7 Å². The summed E-state index contributed by atoms with van der Waals surface area (Å²) in [5.74, 6) is 0.286. The van der Waals surface area contributed by atoms with Crippen LogP contribution in [-0.4, -0.2) is 37.1 Å². The van der Waals surface area contributed by atoms with Crippen LogP contribution in [0.5, 0.6) is 0 Å². The first-order valence-electron chi connectivity index (χ1n) is 6.12. The Morgan fingerprint density at radius 3 is 2.89 bits per heavy atom. The van der Waals surface area contributed by atoms with Crippen molar-refractivity contribution in [1.82, 2.24) is 4.98 Å². The molecule has 3 heterocycles. The van der Waals surface area contributed by atoms with Crippen molar-refractivity contribution in [3.8, 4) is 0 Å². The molecule has 2 fully saturated rings. The van der Waals surface area contributed by atoms with E-state index >= 15 is 0 Å². The summed E-state index contributed by atoms with van der Waals surface area (Å²) in [7, 11) is 0. The third-order valence-electron chi connectivity index (χ3n) is 3.37. The molecule has 6 heteroatoms. The van der Waals surface area contributed by atoms with Crippen LogP contribution in [0.15, 0.2) is 12.3 Å². The SMILES string of the molecule is Nc1cnc(N2CCCC3(C2)OCCO3)c(Cl)c1. The molecule has 5 nitrogen and oxygen atoms in total. The fraction of sp³-hybridized carbons (Fsp3) is 0.583. The molecule has 2 aliphatic rings. The van der Waals surface area contributed by atoms with E-state index < -0.39 is 5.79 Å². The number of hydrogen-bond donors (Lipinski definition) is 1. The van der Waals surface area contributed by atoms with Crippen LogP contribution in [0.2, 0.25) is 5.02 Å². The van der Waals surface area contributed by atoms with Crippen molar-refractivity contribution in [3.05, 3.63) is 17.3 Å². The molecule has 0 amide bonds. The maximum Gasteiger partial charge on any atom is 0.186 e. The van der Waals surface area contributed by atoms with Crippen LogP contribution in [0.3, 0.4) is 0 Å². The summed E-state index contributed by atoms with van der Waals surface area (Å²) in [5.41, 5.74) is 6.23. The first-order chi connectivity index (χ1) is 8.69. The fourth-order valence-corrected chi connectivity index (χ4v) is 2.87. The minimum atomic E-state index is -0.468. The lowest BCUT2D eigenvalue weighted by Gasteiger charge is -2.39. The van der Waals surface area contributed by atoms with Gasteiger partial charge >= 0.3 is 0 Å². The van der Waals surface area contributed by atoms with Gasteiger partial charge in [-0.3, -0.25) is 0 Å². The lowest BCUT2D eigenvalue weighted by molar-refractivity contribution is -0.161. The summed E-state index contributed by atoms with van der Waals surface area (Å²) in [5, 5.41) is 0.574. The van der Waals surface area contributed by atoms with Gasteiger partial charge in [0.15, 0.2) is 5.79 Å². The van der Waals surface area contributed by atoms with Crippen molar-refractivity contribution in [2.24, 2.45) is 0 Å². The smallest absolute Gasteiger partial charge is 0.186 e. The van der Waals surface area contributed by atoms with Gasteiger partial charge in [0, 0.05) is 13.0 Å². The van der Waals surface area contributed by atoms with Gasteiger partial charge in [0.25, 0.3) is 0 Å². The second-order valence-electron chi connectivity index (χ2n) is 4.71. The maximum atomic E-state index is 6.19. The third-order valence-corrected chi connectivity index (χ3v) is 3.65. The van der Waals surface area contributed by atoms with E-state index in [0.29, 0.717) is 30.5 Å². The molecule has 0 aromatic carbocycles. The molecule has 1 spiro atoms. The molecular weight excluding hydrogens is 254 g/mol. The Morgan fingerprint density at radius 2 is 2.17 bits per heavy atom. The second-order valence-corrected chi connectivity index (χ2v) is 5.11. The van der Waals surface area contributed by atoms with E-state index in [4.69, 9.17) is 26.8 Å². The first kappa shape index (κ1) is 12.0. The average Bonchev–Trinajstić information content (AvgIpc) is 2.77. The Bertz CT molecular complexity index is 449. The number of aromatic nitrogens is 1. The highest BCUT2D eigenvalue weighted by Crippen LogP contribution is 2.34. The quantitative estimate of drug-likeness (QED) is 0.840. The molecule has 1 aromatic rings. The van der Waals surface area contributed by atoms with Gasteiger partial charge < -0.3 is 20.1 Å². The third kappa shape index (κ3) is 2.13. The molecule has 18 heavy (non-hydrogen) atoms. The van der Waals surface area contributed by atoms with Crippen LogP contribution >= 0.6 is 11.6 Å². The summed E-state index contributed by atoms with van der Waals surface area (Å²) in [6.07, 6.45) is 3.55. The molecule has 98 valence electrons. The largest absolute Gasteiger partial charge is 0.397 e. The molecular formula is C12H16ClN3O2. The molecule has 1 aromatic heterocycles. The number of anilines is 2. The molecule has 0 aliphatic carbocycles. The van der Waals surface area contributed by atoms with E-state index in [1.807, 2.05) is 0 Å². The highest BCUT2D eigenvalue weighted by Gasteiger charge is 2.41. The number of hydrogen-bond acceptors (Lipinski definition) is 5. The number of piperidine rings is 1. The number of nitrogens with zero attached hydrogens (tertiary/aromatic N) is 2.